The van der Waals surface area contributed by atoms with E-state index in [9.17, 15) is 9.59 Å². The van der Waals surface area contributed by atoms with Crippen LogP contribution in [-0.2, 0) is 12.8 Å². The summed E-state index contributed by atoms with van der Waals surface area (Å²) in [6.07, 6.45) is 7.65. The molecule has 2 aromatic carbocycles. The third-order valence-electron chi connectivity index (χ3n) is 10.2. The van der Waals surface area contributed by atoms with Crippen LogP contribution >= 0.6 is 11.6 Å². The number of benzene rings is 2. The van der Waals surface area contributed by atoms with Gasteiger partial charge in [0.05, 0.1) is 39.3 Å². The van der Waals surface area contributed by atoms with Gasteiger partial charge in [0.2, 0.25) is 0 Å². The van der Waals surface area contributed by atoms with Crippen LogP contribution in [0.4, 0.5) is 11.6 Å². The Morgan fingerprint density at radius 3 is 1.94 bits per heavy atom. The van der Waals surface area contributed by atoms with Crippen LogP contribution in [0.5, 0.6) is 5.75 Å². The first-order valence-corrected chi connectivity index (χ1v) is 19.3. The molecule has 5 N–H and O–H groups in total. The molecule has 0 saturated carbocycles. The summed E-state index contributed by atoms with van der Waals surface area (Å²) >= 11 is 6.08. The number of nitrogens with two attached hydrogens (primary N) is 2. The number of quaternary nitrogens is 1. The summed E-state index contributed by atoms with van der Waals surface area (Å²) in [5.74, 6) is 0.541. The van der Waals surface area contributed by atoms with E-state index < -0.39 is 0 Å². The number of rotatable bonds is 20. The topological polar surface area (TPSA) is 143 Å². The fraction of sp³-hybridized carbons (Fsp3) is 0.550. The summed E-state index contributed by atoms with van der Waals surface area (Å²) in [7, 11) is 9.95. The van der Waals surface area contributed by atoms with Crippen molar-refractivity contribution in [2.45, 2.75) is 57.4 Å². The minimum atomic E-state index is -0.385. The molecule has 1 aliphatic rings. The molecule has 2 atom stereocenters. The van der Waals surface area contributed by atoms with Gasteiger partial charge in [-0.2, -0.15) is 0 Å². The van der Waals surface area contributed by atoms with Gasteiger partial charge in [-0.25, -0.2) is 9.97 Å². The van der Waals surface area contributed by atoms with Gasteiger partial charge in [-0.05, 0) is 115 Å². The molecule has 0 radical (unpaired) electrons. The number of ether oxygens (including phenoxy) is 1. The van der Waals surface area contributed by atoms with Crippen molar-refractivity contribution < 1.29 is 18.8 Å². The number of carbonyl (C=O) groups is 2. The van der Waals surface area contributed by atoms with Crippen LogP contribution in [0.3, 0.4) is 0 Å². The second kappa shape index (κ2) is 20.5. The molecule has 1 fully saturated rings. The number of hydrogen-bond donors (Lipinski definition) is 3. The average molecular weight is 751 g/mol. The number of aryl methyl sites for hydroxylation is 2. The Labute approximate surface area is 321 Å². The molecular formula is C40H61ClN9O3+. The number of likely N-dealkylation sites (tertiary alicyclic amines) is 1. The zero-order chi connectivity index (χ0) is 38.4. The van der Waals surface area contributed by atoms with Gasteiger partial charge in [0, 0.05) is 31.5 Å². The van der Waals surface area contributed by atoms with Crippen molar-refractivity contribution in [2.24, 2.45) is 0 Å². The minimum absolute atomic E-state index is 0.000337. The quantitative estimate of drug-likeness (QED) is 0.141. The number of nitrogens with one attached hydrogen (secondary N) is 1. The zero-order valence-corrected chi connectivity index (χ0v) is 33.2. The van der Waals surface area contributed by atoms with E-state index in [0.29, 0.717) is 0 Å². The smallest absolute Gasteiger partial charge is 0.274 e. The molecule has 0 bridgehead atoms. The Bertz CT molecular complexity index is 1590. The molecule has 3 aromatic rings. The first-order valence-electron chi connectivity index (χ1n) is 18.9. The summed E-state index contributed by atoms with van der Waals surface area (Å²) in [6, 6.07) is 16.5. The molecule has 4 rings (SSSR count). The van der Waals surface area contributed by atoms with E-state index in [1.54, 1.807) is 7.11 Å². The number of methoxy groups -OCH3 is 1. The summed E-state index contributed by atoms with van der Waals surface area (Å²) in [5.41, 5.74) is 15.0. The molecule has 0 aliphatic carbocycles. The highest BCUT2D eigenvalue weighted by molar-refractivity contribution is 6.31. The molecule has 2 heterocycles. The molecule has 1 aromatic heterocycles. The molecule has 1 saturated heterocycles. The van der Waals surface area contributed by atoms with Crippen molar-refractivity contribution in [3.05, 3.63) is 76.1 Å². The molecule has 1 aliphatic heterocycles. The predicted molar refractivity (Wildman–Crippen MR) is 214 cm³/mol. The van der Waals surface area contributed by atoms with Crippen molar-refractivity contribution in [3.8, 4) is 5.75 Å². The highest BCUT2D eigenvalue weighted by Crippen LogP contribution is 2.24. The molecule has 2 unspecified atom stereocenters. The number of aromatic nitrogens is 2. The van der Waals surface area contributed by atoms with Gasteiger partial charge in [-0.3, -0.25) is 9.59 Å². The maximum absolute atomic E-state index is 13.6. The van der Waals surface area contributed by atoms with E-state index in [-0.39, 0.29) is 40.3 Å². The Hall–Kier alpha value is -3.97. The number of anilines is 2. The van der Waals surface area contributed by atoms with Gasteiger partial charge >= 0.3 is 0 Å². The Morgan fingerprint density at radius 2 is 1.40 bits per heavy atom. The predicted octanol–water partition coefficient (Wildman–Crippen LogP) is 4.62. The van der Waals surface area contributed by atoms with Crippen LogP contribution in [0.2, 0.25) is 5.15 Å². The molecule has 290 valence electrons. The van der Waals surface area contributed by atoms with Crippen molar-refractivity contribution in [3.63, 3.8) is 0 Å². The monoisotopic (exact) mass is 750 g/mol. The van der Waals surface area contributed by atoms with E-state index in [2.05, 4.69) is 77.5 Å². The number of hydrogen-bond acceptors (Lipinski definition) is 9. The van der Waals surface area contributed by atoms with E-state index in [1.807, 2.05) is 29.2 Å². The summed E-state index contributed by atoms with van der Waals surface area (Å²) < 4.78 is 6.26. The number of nitrogen functional groups attached to an aromatic ring is 2. The van der Waals surface area contributed by atoms with Crippen molar-refractivity contribution in [1.82, 2.24) is 30.0 Å². The lowest BCUT2D eigenvalue weighted by Crippen LogP contribution is -2.60. The third kappa shape index (κ3) is 13.1. The number of amides is 2. The average Bonchev–Trinajstić information content (AvgIpc) is 3.12. The number of carbonyl (C=O) groups excluding carboxylic acids is 2. The first kappa shape index (κ1) is 41.8. The van der Waals surface area contributed by atoms with E-state index in [4.69, 9.17) is 27.8 Å². The summed E-state index contributed by atoms with van der Waals surface area (Å²) in [6.45, 7) is 7.25. The molecular weight excluding hydrogens is 690 g/mol. The minimum Gasteiger partial charge on any atom is -0.497 e. The Balaban J connectivity index is 1.41. The molecule has 0 spiro atoms. The molecule has 12 nitrogen and oxygen atoms in total. The van der Waals surface area contributed by atoms with E-state index in [0.717, 1.165) is 120 Å². The summed E-state index contributed by atoms with van der Waals surface area (Å²) in [4.78, 5) is 41.3. The molecule has 53 heavy (non-hydrogen) atoms. The normalized spacial score (nSPS) is 17.2. The van der Waals surface area contributed by atoms with Crippen molar-refractivity contribution in [1.29, 1.82) is 0 Å². The first-order chi connectivity index (χ1) is 25.4. The zero-order valence-electron chi connectivity index (χ0n) is 32.5. The van der Waals surface area contributed by atoms with Crippen molar-refractivity contribution in [2.75, 3.05) is 99.1 Å². The van der Waals surface area contributed by atoms with Gasteiger partial charge < -0.3 is 40.7 Å². The second-order valence-corrected chi connectivity index (χ2v) is 15.4. The van der Waals surface area contributed by atoms with Crippen LogP contribution in [0.1, 0.15) is 70.5 Å². The van der Waals surface area contributed by atoms with Gasteiger partial charge in [0.15, 0.2) is 22.5 Å². The maximum Gasteiger partial charge on any atom is 0.274 e. The van der Waals surface area contributed by atoms with Gasteiger partial charge in [0.25, 0.3) is 11.8 Å². The number of halogens is 1. The second-order valence-electron chi connectivity index (χ2n) is 15.0. The third-order valence-corrected chi connectivity index (χ3v) is 10.4. The maximum atomic E-state index is 13.6. The lowest BCUT2D eigenvalue weighted by atomic mass is 9.98. The fourth-order valence-corrected chi connectivity index (χ4v) is 7.44. The largest absolute Gasteiger partial charge is 0.497 e. The Morgan fingerprint density at radius 1 is 0.830 bits per heavy atom. The fourth-order valence-electron chi connectivity index (χ4n) is 7.32. The van der Waals surface area contributed by atoms with E-state index in [1.165, 1.54) is 11.1 Å². The van der Waals surface area contributed by atoms with Gasteiger partial charge in [0.1, 0.15) is 5.75 Å². The van der Waals surface area contributed by atoms with Gasteiger partial charge in [-0.1, -0.05) is 35.9 Å². The van der Waals surface area contributed by atoms with Crippen LogP contribution in [0, 0.1) is 0 Å². The lowest BCUT2D eigenvalue weighted by molar-refractivity contribution is -0.933. The number of piperidine rings is 1. The van der Waals surface area contributed by atoms with Crippen molar-refractivity contribution >= 4 is 35.1 Å². The van der Waals surface area contributed by atoms with Gasteiger partial charge in [-0.15, -0.1) is 0 Å². The SMILES string of the molecule is COc1ccc(CCC[N+]2(CCCc3ccc(C(=O)N(CCCN(C)C)CCCN(C)C)cc3)CCCC(NC(=O)c3nc(Cl)c(N)nc3N)C2)cc1. The van der Waals surface area contributed by atoms with Crippen LogP contribution in [0.15, 0.2) is 48.5 Å². The highest BCUT2D eigenvalue weighted by atomic mass is 35.5. The van der Waals surface area contributed by atoms with E-state index >= 15 is 0 Å². The lowest BCUT2D eigenvalue weighted by Gasteiger charge is -2.45. The number of nitrogens with zero attached hydrogens (tertiary/aromatic N) is 6. The standard InChI is InChI=1S/C40H60ClN9O3/c1-47(2)22-9-24-49(25-10-23-48(3)4)40(52)32-18-14-30(15-19-32)11-6-26-50(27-7-12-31-16-20-34(53-5)21-17-31)28-8-13-33(29-50)44-39(51)35-37(42)46-38(43)36(41)45-35/h14-21,33H,6-13,22-29H2,1-5H3,(H4-,42,43,44,46,51)/p+1. The highest BCUT2D eigenvalue weighted by Gasteiger charge is 2.35. The summed E-state index contributed by atoms with van der Waals surface area (Å²) in [5, 5.41) is 3.14. The van der Waals surface area contributed by atoms with Crippen LogP contribution < -0.4 is 21.5 Å². The van der Waals surface area contributed by atoms with Crippen LogP contribution in [-0.4, -0.2) is 135 Å². The van der Waals surface area contributed by atoms with Crippen LogP contribution in [0.25, 0.3) is 0 Å². The Kier molecular flexibility index (Phi) is 16.1. The molecule has 2 amide bonds. The molecule has 13 heteroatoms.